The van der Waals surface area contributed by atoms with Crippen molar-refractivity contribution in [2.75, 3.05) is 18.4 Å². The summed E-state index contributed by atoms with van der Waals surface area (Å²) in [6.07, 6.45) is 9.35. The summed E-state index contributed by atoms with van der Waals surface area (Å²) in [5, 5.41) is 13.8. The predicted octanol–water partition coefficient (Wildman–Crippen LogP) is 4.70. The Labute approximate surface area is 178 Å². The molecule has 1 aromatic carbocycles. The van der Waals surface area contributed by atoms with Gasteiger partial charge in [-0.3, -0.25) is 9.88 Å². The fraction of sp³-hybridized carbons (Fsp3) is 0.375. The molecule has 5 rings (SSSR count). The van der Waals surface area contributed by atoms with E-state index in [-0.39, 0.29) is 6.71 Å². The minimum Gasteiger partial charge on any atom is -0.339 e. The Hall–Kier alpha value is -2.91. The Morgan fingerprint density at radius 1 is 1.17 bits per heavy atom. The van der Waals surface area contributed by atoms with E-state index in [9.17, 15) is 0 Å². The van der Waals surface area contributed by atoms with E-state index < -0.39 is 0 Å². The van der Waals surface area contributed by atoms with Gasteiger partial charge >= 0.3 is 0 Å². The van der Waals surface area contributed by atoms with Crippen molar-refractivity contribution in [2.45, 2.75) is 38.4 Å². The highest BCUT2D eigenvalue weighted by Gasteiger charge is 2.27. The van der Waals surface area contributed by atoms with Crippen LogP contribution in [-0.4, -0.2) is 34.7 Å². The molecule has 5 nitrogen and oxygen atoms in total. The molecule has 0 saturated carbocycles. The SMILES string of the molecule is N#CB1CCC(CN2CCc3c(ccnc3Nc3cnc4ccccc4c3)C2)CC1. The molecule has 3 aromatic rings. The molecule has 0 bridgehead atoms. The molecule has 0 atom stereocenters. The van der Waals surface area contributed by atoms with Crippen LogP contribution in [0.25, 0.3) is 10.9 Å². The maximum Gasteiger partial charge on any atom is 0.267 e. The molecular formula is C24H26BN5. The van der Waals surface area contributed by atoms with Gasteiger partial charge in [0.25, 0.3) is 6.71 Å². The number of benzene rings is 1. The molecule has 30 heavy (non-hydrogen) atoms. The zero-order valence-electron chi connectivity index (χ0n) is 17.2. The number of nitriles is 1. The lowest BCUT2D eigenvalue weighted by Crippen LogP contribution is -2.36. The highest BCUT2D eigenvalue weighted by molar-refractivity contribution is 6.67. The van der Waals surface area contributed by atoms with Crippen molar-refractivity contribution in [3.8, 4) is 5.97 Å². The number of hydrogen-bond acceptors (Lipinski definition) is 5. The van der Waals surface area contributed by atoms with E-state index in [4.69, 9.17) is 5.26 Å². The van der Waals surface area contributed by atoms with Crippen molar-refractivity contribution in [3.63, 3.8) is 0 Å². The molecule has 6 heteroatoms. The zero-order chi connectivity index (χ0) is 20.3. The first-order chi connectivity index (χ1) is 14.8. The van der Waals surface area contributed by atoms with E-state index in [1.807, 2.05) is 30.6 Å². The summed E-state index contributed by atoms with van der Waals surface area (Å²) in [5.41, 5.74) is 4.69. The lowest BCUT2D eigenvalue weighted by Gasteiger charge is -2.34. The second-order valence-electron chi connectivity index (χ2n) is 8.67. The van der Waals surface area contributed by atoms with Crippen LogP contribution in [0.3, 0.4) is 0 Å². The van der Waals surface area contributed by atoms with Gasteiger partial charge in [-0.25, -0.2) is 10.2 Å². The van der Waals surface area contributed by atoms with E-state index in [1.165, 1.54) is 24.0 Å². The second kappa shape index (κ2) is 8.45. The normalized spacial score (nSPS) is 17.5. The van der Waals surface area contributed by atoms with Gasteiger partial charge in [-0.05, 0) is 36.1 Å². The molecule has 0 amide bonds. The van der Waals surface area contributed by atoms with E-state index in [0.29, 0.717) is 0 Å². The van der Waals surface area contributed by atoms with E-state index in [0.717, 1.165) is 67.0 Å². The van der Waals surface area contributed by atoms with Crippen molar-refractivity contribution >= 4 is 29.1 Å². The number of aromatic nitrogens is 2. The summed E-state index contributed by atoms with van der Waals surface area (Å²) in [7, 11) is 0. The number of nitrogens with zero attached hydrogens (tertiary/aromatic N) is 4. The van der Waals surface area contributed by atoms with Crippen LogP contribution in [0.2, 0.25) is 12.6 Å². The maximum absolute atomic E-state index is 9.12. The average molecular weight is 395 g/mol. The number of rotatable bonds is 4. The van der Waals surface area contributed by atoms with Crippen LogP contribution in [0, 0.1) is 17.1 Å². The molecule has 0 unspecified atom stereocenters. The Kier molecular flexibility index (Phi) is 5.38. The van der Waals surface area contributed by atoms with Crippen molar-refractivity contribution in [1.82, 2.24) is 14.9 Å². The van der Waals surface area contributed by atoms with Gasteiger partial charge in [0, 0.05) is 42.7 Å². The van der Waals surface area contributed by atoms with Gasteiger partial charge in [0.15, 0.2) is 0 Å². The lowest BCUT2D eigenvalue weighted by molar-refractivity contribution is 0.205. The van der Waals surface area contributed by atoms with Crippen LogP contribution >= 0.6 is 0 Å². The summed E-state index contributed by atoms with van der Waals surface area (Å²) < 4.78 is 0. The topological polar surface area (TPSA) is 64.8 Å². The van der Waals surface area contributed by atoms with Gasteiger partial charge in [-0.15, -0.1) is 0 Å². The van der Waals surface area contributed by atoms with E-state index in [1.54, 1.807) is 0 Å². The Morgan fingerprint density at radius 3 is 2.90 bits per heavy atom. The van der Waals surface area contributed by atoms with Crippen molar-refractivity contribution < 1.29 is 0 Å². The number of fused-ring (bicyclic) bond motifs is 2. The van der Waals surface area contributed by atoms with Crippen molar-refractivity contribution in [1.29, 1.82) is 5.26 Å². The monoisotopic (exact) mass is 395 g/mol. The molecule has 1 N–H and O–H groups in total. The summed E-state index contributed by atoms with van der Waals surface area (Å²) >= 11 is 0. The maximum atomic E-state index is 9.12. The first-order valence-electron chi connectivity index (χ1n) is 11.0. The summed E-state index contributed by atoms with van der Waals surface area (Å²) in [6.45, 7) is 3.49. The van der Waals surface area contributed by atoms with Gasteiger partial charge in [-0.2, -0.15) is 0 Å². The van der Waals surface area contributed by atoms with Crippen LogP contribution in [-0.2, 0) is 13.0 Å². The lowest BCUT2D eigenvalue weighted by atomic mass is 9.42. The smallest absolute Gasteiger partial charge is 0.267 e. The molecule has 2 aliphatic heterocycles. The third-order valence-electron chi connectivity index (χ3n) is 6.62. The molecule has 2 aliphatic rings. The summed E-state index contributed by atoms with van der Waals surface area (Å²) in [4.78, 5) is 11.8. The van der Waals surface area contributed by atoms with E-state index in [2.05, 4.69) is 44.4 Å². The number of hydrogen-bond donors (Lipinski definition) is 1. The van der Waals surface area contributed by atoms with Gasteiger partial charge < -0.3 is 5.32 Å². The molecule has 0 radical (unpaired) electrons. The average Bonchev–Trinajstić information content (AvgIpc) is 2.79. The van der Waals surface area contributed by atoms with Crippen molar-refractivity contribution in [3.05, 3.63) is 59.9 Å². The Balaban J connectivity index is 1.27. The van der Waals surface area contributed by atoms with Crippen LogP contribution in [0.15, 0.2) is 48.8 Å². The highest BCUT2D eigenvalue weighted by Crippen LogP contribution is 2.30. The van der Waals surface area contributed by atoms with Gasteiger partial charge in [-0.1, -0.05) is 43.7 Å². The van der Waals surface area contributed by atoms with Gasteiger partial charge in [0.2, 0.25) is 0 Å². The number of pyridine rings is 2. The summed E-state index contributed by atoms with van der Waals surface area (Å²) in [5.74, 6) is 4.14. The standard InChI is InChI=1S/C24H26BN5/c26-17-25-9-5-18(6-10-25)15-30-12-8-22-20(16-30)7-11-27-24(22)29-21-13-19-3-1-2-4-23(19)28-14-21/h1-4,7,11,13-14,18H,5-6,8-10,12,15-16H2,(H,27,29). The molecule has 150 valence electrons. The first-order valence-corrected chi connectivity index (χ1v) is 11.0. The van der Waals surface area contributed by atoms with Crippen LogP contribution in [0.4, 0.5) is 11.5 Å². The molecule has 1 fully saturated rings. The molecule has 1 saturated heterocycles. The molecule has 2 aromatic heterocycles. The van der Waals surface area contributed by atoms with Gasteiger partial charge in [0.1, 0.15) is 5.82 Å². The number of nitrogens with one attached hydrogen (secondary N) is 1. The Bertz CT molecular complexity index is 1080. The molecule has 0 spiro atoms. The summed E-state index contributed by atoms with van der Waals surface area (Å²) in [6, 6.07) is 12.5. The molecular weight excluding hydrogens is 369 g/mol. The largest absolute Gasteiger partial charge is 0.339 e. The fourth-order valence-corrected chi connectivity index (χ4v) is 4.93. The zero-order valence-corrected chi connectivity index (χ0v) is 17.2. The number of para-hydroxylation sites is 1. The molecule has 0 aliphatic carbocycles. The minimum atomic E-state index is 0.285. The van der Waals surface area contributed by atoms with Crippen LogP contribution in [0.1, 0.15) is 24.0 Å². The fourth-order valence-electron chi connectivity index (χ4n) is 4.93. The predicted molar refractivity (Wildman–Crippen MR) is 122 cm³/mol. The minimum absolute atomic E-state index is 0.285. The molecule has 4 heterocycles. The third kappa shape index (κ3) is 4.03. The first kappa shape index (κ1) is 19.1. The van der Waals surface area contributed by atoms with Crippen LogP contribution in [0.5, 0.6) is 0 Å². The third-order valence-corrected chi connectivity index (χ3v) is 6.62. The van der Waals surface area contributed by atoms with Gasteiger partial charge in [0.05, 0.1) is 17.4 Å². The second-order valence-corrected chi connectivity index (χ2v) is 8.67. The van der Waals surface area contributed by atoms with Crippen molar-refractivity contribution in [2.24, 2.45) is 5.92 Å². The number of anilines is 2. The highest BCUT2D eigenvalue weighted by atomic mass is 15.1. The van der Waals surface area contributed by atoms with E-state index >= 15 is 0 Å². The Morgan fingerprint density at radius 2 is 2.03 bits per heavy atom. The quantitative estimate of drug-likeness (QED) is 0.649. The van der Waals surface area contributed by atoms with Crippen LogP contribution < -0.4 is 5.32 Å².